The Labute approximate surface area is 120 Å². The normalized spacial score (nSPS) is 18.3. The number of hydrogen-bond donors (Lipinski definition) is 7. The summed E-state index contributed by atoms with van der Waals surface area (Å²) < 4.78 is 4.32. The van der Waals surface area contributed by atoms with E-state index in [1.54, 1.807) is 14.1 Å². The predicted octanol–water partition coefficient (Wildman–Crippen LogP) is -2.65. The van der Waals surface area contributed by atoms with Crippen LogP contribution in [0.15, 0.2) is 16.5 Å². The summed E-state index contributed by atoms with van der Waals surface area (Å²) in [7, 11) is 3.38. The van der Waals surface area contributed by atoms with Crippen LogP contribution in [0.5, 0.6) is 0 Å². The van der Waals surface area contributed by atoms with Crippen molar-refractivity contribution in [2.24, 2.45) is 16.5 Å². The lowest BCUT2D eigenvalue weighted by molar-refractivity contribution is -0.147. The van der Waals surface area contributed by atoms with E-state index >= 15 is 0 Å². The van der Waals surface area contributed by atoms with Gasteiger partial charge in [-0.1, -0.05) is 0 Å². The molecule has 0 saturated heterocycles. The van der Waals surface area contributed by atoms with Gasteiger partial charge in [-0.2, -0.15) is 4.99 Å². The molecule has 11 heteroatoms. The topological polar surface area (TPSA) is 199 Å². The molecular formula is C10H19N5O6. The number of esters is 1. The number of carbonyl (C=O) groups excluding carboxylic acids is 1. The molecule has 0 aromatic rings. The third kappa shape index (κ3) is 5.54. The molecule has 1 rings (SSSR count). The molecule has 0 aromatic carbocycles. The van der Waals surface area contributed by atoms with Gasteiger partial charge in [0.1, 0.15) is 6.10 Å². The number of rotatable bonds is 2. The zero-order valence-electron chi connectivity index (χ0n) is 11.5. The molecule has 0 amide bonds. The first-order valence-electron chi connectivity index (χ1n) is 5.59. The number of ether oxygens (including phenoxy) is 1. The molecule has 21 heavy (non-hydrogen) atoms. The number of aliphatic hydroxyl groups excluding tert-OH is 4. The molecule has 120 valence electrons. The molecule has 1 heterocycles. The van der Waals surface area contributed by atoms with E-state index in [9.17, 15) is 4.79 Å². The van der Waals surface area contributed by atoms with E-state index in [1.807, 2.05) is 0 Å². The summed E-state index contributed by atoms with van der Waals surface area (Å²) in [5.74, 6) is -2.82. The standard InChI is InChI=1S/C6H8O6.C4H11N5/c7-1-2(8)5-3(9)4(10)6(11)12-5;1-9(2)4(7)8-3(5)6/h2,5,7-10H,1H2;1-2H3,(H5,5,6,7,8)/t2-,5+;/m0./s1. The smallest absolute Gasteiger partial charge is 0.377 e. The molecule has 0 aromatic heterocycles. The van der Waals surface area contributed by atoms with E-state index in [1.165, 1.54) is 4.90 Å². The van der Waals surface area contributed by atoms with Crippen LogP contribution in [-0.2, 0) is 9.53 Å². The van der Waals surface area contributed by atoms with Crippen molar-refractivity contribution < 1.29 is 30.0 Å². The minimum absolute atomic E-state index is 0.0509. The summed E-state index contributed by atoms with van der Waals surface area (Å²) in [5, 5.41) is 42.1. The molecule has 0 unspecified atom stereocenters. The minimum atomic E-state index is -1.42. The molecule has 11 nitrogen and oxygen atoms in total. The Morgan fingerprint density at radius 2 is 2.00 bits per heavy atom. The fourth-order valence-electron chi connectivity index (χ4n) is 1.05. The van der Waals surface area contributed by atoms with Crippen molar-refractivity contribution >= 4 is 17.9 Å². The molecule has 0 spiro atoms. The summed E-state index contributed by atoms with van der Waals surface area (Å²) in [4.78, 5) is 15.5. The first kappa shape index (κ1) is 18.5. The second kappa shape index (κ2) is 7.91. The van der Waals surface area contributed by atoms with Crippen LogP contribution in [0.2, 0.25) is 0 Å². The Kier molecular flexibility index (Phi) is 6.96. The molecule has 0 saturated carbocycles. The van der Waals surface area contributed by atoms with Crippen LogP contribution < -0.4 is 11.5 Å². The van der Waals surface area contributed by atoms with Crippen LogP contribution in [-0.4, -0.2) is 76.1 Å². The number of hydrogen-bond acceptors (Lipinski definition) is 7. The number of guanidine groups is 2. The average molecular weight is 305 g/mol. The van der Waals surface area contributed by atoms with Crippen LogP contribution in [0, 0.1) is 5.41 Å². The number of nitrogens with two attached hydrogens (primary N) is 2. The highest BCUT2D eigenvalue weighted by atomic mass is 16.6. The Morgan fingerprint density at radius 3 is 2.24 bits per heavy atom. The SMILES string of the molecule is CN(C)C(=N)N=C(N)N.O=C1O[C@H]([C@@H](O)CO)C(O)=C1O. The lowest BCUT2D eigenvalue weighted by atomic mass is 10.2. The zero-order valence-corrected chi connectivity index (χ0v) is 11.5. The summed E-state index contributed by atoms with van der Waals surface area (Å²) >= 11 is 0. The van der Waals surface area contributed by atoms with Gasteiger partial charge in [-0.05, 0) is 0 Å². The lowest BCUT2D eigenvalue weighted by Crippen LogP contribution is -2.31. The molecule has 0 radical (unpaired) electrons. The van der Waals surface area contributed by atoms with Crippen molar-refractivity contribution in [3.8, 4) is 0 Å². The third-order valence-corrected chi connectivity index (χ3v) is 2.13. The number of cyclic esters (lactones) is 1. The van der Waals surface area contributed by atoms with E-state index in [-0.39, 0.29) is 11.9 Å². The molecule has 1 aliphatic rings. The predicted molar refractivity (Wildman–Crippen MR) is 72.5 cm³/mol. The van der Waals surface area contributed by atoms with Gasteiger partial charge in [0.15, 0.2) is 17.8 Å². The van der Waals surface area contributed by atoms with E-state index in [4.69, 9.17) is 37.3 Å². The maximum atomic E-state index is 10.5. The minimum Gasteiger partial charge on any atom is -0.505 e. The van der Waals surface area contributed by atoms with Gasteiger partial charge in [0.05, 0.1) is 6.61 Å². The van der Waals surface area contributed by atoms with E-state index in [0.29, 0.717) is 0 Å². The van der Waals surface area contributed by atoms with Crippen LogP contribution in [0.25, 0.3) is 0 Å². The van der Waals surface area contributed by atoms with Crippen LogP contribution in [0.4, 0.5) is 0 Å². The van der Waals surface area contributed by atoms with Gasteiger partial charge in [0.2, 0.25) is 11.7 Å². The number of aliphatic imine (C=N–C) groups is 1. The molecule has 2 atom stereocenters. The van der Waals surface area contributed by atoms with Crippen LogP contribution in [0.1, 0.15) is 0 Å². The third-order valence-electron chi connectivity index (χ3n) is 2.13. The van der Waals surface area contributed by atoms with Gasteiger partial charge in [-0.3, -0.25) is 5.41 Å². The van der Waals surface area contributed by atoms with Crippen molar-refractivity contribution in [3.63, 3.8) is 0 Å². The van der Waals surface area contributed by atoms with Crippen LogP contribution in [0.3, 0.4) is 0 Å². The van der Waals surface area contributed by atoms with Gasteiger partial charge < -0.3 is 41.5 Å². The second-order valence-electron chi connectivity index (χ2n) is 4.06. The first-order chi connectivity index (χ1) is 9.61. The Morgan fingerprint density at radius 1 is 1.48 bits per heavy atom. The van der Waals surface area contributed by atoms with Gasteiger partial charge >= 0.3 is 5.97 Å². The second-order valence-corrected chi connectivity index (χ2v) is 4.06. The monoisotopic (exact) mass is 305 g/mol. The Balaban J connectivity index is 0.000000400. The number of nitrogens with zero attached hydrogens (tertiary/aromatic N) is 2. The summed E-state index contributed by atoms with van der Waals surface area (Å²) in [6.45, 7) is -0.671. The van der Waals surface area contributed by atoms with Gasteiger partial charge in [-0.15, -0.1) is 0 Å². The lowest BCUT2D eigenvalue weighted by Gasteiger charge is -2.13. The summed E-state index contributed by atoms with van der Waals surface area (Å²) in [6.07, 6.45) is -2.78. The van der Waals surface area contributed by atoms with Crippen molar-refractivity contribution in [1.29, 1.82) is 5.41 Å². The highest BCUT2D eigenvalue weighted by Gasteiger charge is 2.38. The van der Waals surface area contributed by atoms with Crippen molar-refractivity contribution in [1.82, 2.24) is 4.90 Å². The Hall–Kier alpha value is -2.53. The van der Waals surface area contributed by atoms with Crippen molar-refractivity contribution in [3.05, 3.63) is 11.5 Å². The highest BCUT2D eigenvalue weighted by molar-refractivity contribution is 5.91. The molecular weight excluding hydrogens is 286 g/mol. The quantitative estimate of drug-likeness (QED) is 0.162. The van der Waals surface area contributed by atoms with Gasteiger partial charge in [-0.25, -0.2) is 4.79 Å². The van der Waals surface area contributed by atoms with E-state index in [2.05, 4.69) is 9.73 Å². The molecule has 0 aliphatic carbocycles. The molecule has 9 N–H and O–H groups in total. The van der Waals surface area contributed by atoms with Crippen LogP contribution >= 0.6 is 0 Å². The fourth-order valence-corrected chi connectivity index (χ4v) is 1.05. The Bertz CT molecular complexity index is 457. The maximum Gasteiger partial charge on any atom is 0.377 e. The van der Waals surface area contributed by atoms with E-state index in [0.717, 1.165) is 0 Å². The summed E-state index contributed by atoms with van der Waals surface area (Å²) in [6, 6.07) is 0. The largest absolute Gasteiger partial charge is 0.505 e. The zero-order chi connectivity index (χ0) is 16.7. The maximum absolute atomic E-state index is 10.5. The molecule has 0 bridgehead atoms. The number of aliphatic hydroxyl groups is 4. The number of nitrogens with one attached hydrogen (secondary N) is 1. The first-order valence-corrected chi connectivity index (χ1v) is 5.59. The fraction of sp³-hybridized carbons (Fsp3) is 0.500. The molecule has 1 aliphatic heterocycles. The molecule has 0 fully saturated rings. The number of carbonyl (C=O) groups is 1. The van der Waals surface area contributed by atoms with E-state index < -0.39 is 36.3 Å². The summed E-state index contributed by atoms with van der Waals surface area (Å²) in [5.41, 5.74) is 9.98. The van der Waals surface area contributed by atoms with Crippen molar-refractivity contribution in [2.75, 3.05) is 20.7 Å². The van der Waals surface area contributed by atoms with Gasteiger partial charge in [0, 0.05) is 14.1 Å². The van der Waals surface area contributed by atoms with Crippen molar-refractivity contribution in [2.45, 2.75) is 12.2 Å². The highest BCUT2D eigenvalue weighted by Crippen LogP contribution is 2.20. The van der Waals surface area contributed by atoms with Gasteiger partial charge in [0.25, 0.3) is 0 Å². The average Bonchev–Trinajstić information content (AvgIpc) is 2.65.